The van der Waals surface area contributed by atoms with Gasteiger partial charge in [-0.15, -0.1) is 0 Å². The SMILES string of the molecule is CCOCCOCCOCCOCCOCCBr. The van der Waals surface area contributed by atoms with Crippen molar-refractivity contribution in [2.24, 2.45) is 0 Å². The Hall–Kier alpha value is 0.280. The van der Waals surface area contributed by atoms with Gasteiger partial charge in [0, 0.05) is 11.9 Å². The van der Waals surface area contributed by atoms with Gasteiger partial charge in [0.05, 0.1) is 59.5 Å². The van der Waals surface area contributed by atoms with Gasteiger partial charge in [0.15, 0.2) is 0 Å². The number of ether oxygens (including phenoxy) is 5. The minimum atomic E-state index is 0.591. The highest BCUT2D eigenvalue weighted by Crippen LogP contribution is 1.85. The summed E-state index contributed by atoms with van der Waals surface area (Å²) in [5.74, 6) is 0. The first-order valence-electron chi connectivity index (χ1n) is 6.36. The molecule has 5 nitrogen and oxygen atoms in total. The van der Waals surface area contributed by atoms with Gasteiger partial charge in [-0.25, -0.2) is 0 Å². The maximum Gasteiger partial charge on any atom is 0.0701 e. The highest BCUT2D eigenvalue weighted by atomic mass is 79.9. The van der Waals surface area contributed by atoms with Crippen molar-refractivity contribution < 1.29 is 23.7 Å². The van der Waals surface area contributed by atoms with Gasteiger partial charge in [0.25, 0.3) is 0 Å². The summed E-state index contributed by atoms with van der Waals surface area (Å²) < 4.78 is 26.3. The lowest BCUT2D eigenvalue weighted by Gasteiger charge is -2.07. The zero-order chi connectivity index (χ0) is 13.3. The number of hydrogen-bond donors (Lipinski definition) is 0. The first kappa shape index (κ1) is 18.3. The molecule has 0 aromatic heterocycles. The van der Waals surface area contributed by atoms with Crippen LogP contribution in [0.2, 0.25) is 0 Å². The van der Waals surface area contributed by atoms with Crippen LogP contribution in [-0.2, 0) is 23.7 Å². The summed E-state index contributed by atoms with van der Waals surface area (Å²) in [6, 6.07) is 0. The van der Waals surface area contributed by atoms with Crippen LogP contribution in [0.3, 0.4) is 0 Å². The Morgan fingerprint density at radius 1 is 0.556 bits per heavy atom. The number of halogens is 1. The molecule has 6 heteroatoms. The molecule has 0 aromatic carbocycles. The molecule has 0 heterocycles. The molecule has 0 radical (unpaired) electrons. The van der Waals surface area contributed by atoms with E-state index in [2.05, 4.69) is 15.9 Å². The Kier molecular flexibility index (Phi) is 17.5. The van der Waals surface area contributed by atoms with E-state index in [0.29, 0.717) is 52.9 Å². The quantitative estimate of drug-likeness (QED) is 0.336. The highest BCUT2D eigenvalue weighted by molar-refractivity contribution is 9.09. The van der Waals surface area contributed by atoms with E-state index in [1.165, 1.54) is 0 Å². The lowest BCUT2D eigenvalue weighted by molar-refractivity contribution is -0.00915. The summed E-state index contributed by atoms with van der Waals surface area (Å²) in [5, 5.41) is 0.861. The molecule has 0 bridgehead atoms. The zero-order valence-corrected chi connectivity index (χ0v) is 12.8. The highest BCUT2D eigenvalue weighted by Gasteiger charge is 1.92. The second-order valence-electron chi connectivity index (χ2n) is 3.34. The van der Waals surface area contributed by atoms with E-state index < -0.39 is 0 Å². The molecular formula is C12H25BrO5. The Balaban J connectivity index is 2.86. The zero-order valence-electron chi connectivity index (χ0n) is 11.2. The van der Waals surface area contributed by atoms with E-state index in [1.807, 2.05) is 6.92 Å². The molecule has 0 N–H and O–H groups in total. The fraction of sp³-hybridized carbons (Fsp3) is 1.00. The number of hydrogen-bond acceptors (Lipinski definition) is 5. The van der Waals surface area contributed by atoms with Gasteiger partial charge in [-0.2, -0.15) is 0 Å². The molecular weight excluding hydrogens is 304 g/mol. The average molecular weight is 329 g/mol. The van der Waals surface area contributed by atoms with Gasteiger partial charge in [0.1, 0.15) is 0 Å². The van der Waals surface area contributed by atoms with Gasteiger partial charge in [-0.05, 0) is 6.92 Å². The van der Waals surface area contributed by atoms with Crippen LogP contribution in [0.5, 0.6) is 0 Å². The topological polar surface area (TPSA) is 46.2 Å². The molecule has 0 saturated carbocycles. The first-order chi connectivity index (χ1) is 8.91. The largest absolute Gasteiger partial charge is 0.379 e. The van der Waals surface area contributed by atoms with Crippen LogP contribution >= 0.6 is 15.9 Å². The van der Waals surface area contributed by atoms with Crippen LogP contribution in [-0.4, -0.2) is 71.4 Å². The molecule has 0 spiro atoms. The summed E-state index contributed by atoms with van der Waals surface area (Å²) in [4.78, 5) is 0. The molecule has 0 fully saturated rings. The molecule has 0 unspecified atom stereocenters. The third-order valence-electron chi connectivity index (χ3n) is 1.91. The number of rotatable bonds is 15. The summed E-state index contributed by atoms with van der Waals surface area (Å²) in [7, 11) is 0. The van der Waals surface area contributed by atoms with Crippen molar-refractivity contribution >= 4 is 15.9 Å². The standard InChI is InChI=1S/C12H25BrO5/c1-2-14-5-6-16-9-10-18-12-11-17-8-7-15-4-3-13/h2-12H2,1H3. The Morgan fingerprint density at radius 3 is 1.22 bits per heavy atom. The van der Waals surface area contributed by atoms with E-state index in [0.717, 1.165) is 18.5 Å². The van der Waals surface area contributed by atoms with Crippen molar-refractivity contribution in [3.05, 3.63) is 0 Å². The fourth-order valence-electron chi connectivity index (χ4n) is 1.08. The minimum absolute atomic E-state index is 0.591. The fourth-order valence-corrected chi connectivity index (χ4v) is 1.31. The summed E-state index contributed by atoms with van der Waals surface area (Å²) in [6.45, 7) is 8.31. The summed E-state index contributed by atoms with van der Waals surface area (Å²) >= 11 is 3.28. The van der Waals surface area contributed by atoms with Gasteiger partial charge in [-0.1, -0.05) is 15.9 Å². The molecule has 0 aliphatic rings. The van der Waals surface area contributed by atoms with Crippen molar-refractivity contribution in [1.29, 1.82) is 0 Å². The molecule has 0 rings (SSSR count). The predicted molar refractivity (Wildman–Crippen MR) is 73.6 cm³/mol. The molecule has 110 valence electrons. The molecule has 0 amide bonds. The molecule has 18 heavy (non-hydrogen) atoms. The van der Waals surface area contributed by atoms with E-state index in [-0.39, 0.29) is 0 Å². The molecule has 0 aliphatic carbocycles. The van der Waals surface area contributed by atoms with E-state index in [1.54, 1.807) is 0 Å². The Bertz CT molecular complexity index is 132. The average Bonchev–Trinajstić information content (AvgIpc) is 2.39. The van der Waals surface area contributed by atoms with E-state index in [4.69, 9.17) is 23.7 Å². The monoisotopic (exact) mass is 328 g/mol. The van der Waals surface area contributed by atoms with Crippen molar-refractivity contribution in [1.82, 2.24) is 0 Å². The smallest absolute Gasteiger partial charge is 0.0701 e. The van der Waals surface area contributed by atoms with Gasteiger partial charge in [0.2, 0.25) is 0 Å². The maximum absolute atomic E-state index is 5.33. The van der Waals surface area contributed by atoms with Crippen LogP contribution in [0.25, 0.3) is 0 Å². The van der Waals surface area contributed by atoms with Crippen LogP contribution in [0.1, 0.15) is 6.92 Å². The summed E-state index contributed by atoms with van der Waals surface area (Å²) in [5.41, 5.74) is 0. The van der Waals surface area contributed by atoms with Gasteiger partial charge in [-0.3, -0.25) is 0 Å². The van der Waals surface area contributed by atoms with Gasteiger partial charge >= 0.3 is 0 Å². The van der Waals surface area contributed by atoms with E-state index >= 15 is 0 Å². The normalized spacial score (nSPS) is 11.0. The Morgan fingerprint density at radius 2 is 0.889 bits per heavy atom. The summed E-state index contributed by atoms with van der Waals surface area (Å²) in [6.07, 6.45) is 0. The van der Waals surface area contributed by atoms with Gasteiger partial charge < -0.3 is 23.7 Å². The number of alkyl halides is 1. The van der Waals surface area contributed by atoms with Crippen molar-refractivity contribution in [2.45, 2.75) is 6.92 Å². The second kappa shape index (κ2) is 17.3. The van der Waals surface area contributed by atoms with Crippen molar-refractivity contribution in [3.8, 4) is 0 Å². The third kappa shape index (κ3) is 16.3. The van der Waals surface area contributed by atoms with Crippen LogP contribution in [0.15, 0.2) is 0 Å². The van der Waals surface area contributed by atoms with Crippen LogP contribution < -0.4 is 0 Å². The molecule has 0 aliphatic heterocycles. The van der Waals surface area contributed by atoms with Crippen molar-refractivity contribution in [2.75, 3.05) is 71.4 Å². The van der Waals surface area contributed by atoms with Crippen LogP contribution in [0, 0.1) is 0 Å². The predicted octanol–water partition coefficient (Wildman–Crippen LogP) is 1.48. The maximum atomic E-state index is 5.33. The molecule has 0 saturated heterocycles. The first-order valence-corrected chi connectivity index (χ1v) is 7.48. The Labute approximate surface area is 118 Å². The van der Waals surface area contributed by atoms with Crippen molar-refractivity contribution in [3.63, 3.8) is 0 Å². The molecule has 0 atom stereocenters. The van der Waals surface area contributed by atoms with Crippen LogP contribution in [0.4, 0.5) is 0 Å². The second-order valence-corrected chi connectivity index (χ2v) is 4.13. The third-order valence-corrected chi connectivity index (χ3v) is 2.24. The van der Waals surface area contributed by atoms with E-state index in [9.17, 15) is 0 Å². The lowest BCUT2D eigenvalue weighted by Crippen LogP contribution is -2.13. The minimum Gasteiger partial charge on any atom is -0.379 e. The molecule has 0 aromatic rings. The lowest BCUT2D eigenvalue weighted by atomic mass is 10.7.